The smallest absolute Gasteiger partial charge is 0.194 e. The average molecular weight is 298 g/mol. The summed E-state index contributed by atoms with van der Waals surface area (Å²) in [5.74, 6) is 1.87. The highest BCUT2D eigenvalue weighted by molar-refractivity contribution is 7.99. The number of rotatable bonds is 5. The van der Waals surface area contributed by atoms with E-state index in [4.69, 9.17) is 5.84 Å². The van der Waals surface area contributed by atoms with Crippen LogP contribution in [0.1, 0.15) is 11.6 Å². The average Bonchev–Trinajstić information content (AvgIpc) is 2.48. The fourth-order valence-electron chi connectivity index (χ4n) is 1.73. The van der Waals surface area contributed by atoms with Gasteiger partial charge < -0.3 is 0 Å². The minimum Gasteiger partial charge on any atom is -0.271 e. The third kappa shape index (κ3) is 3.33. The summed E-state index contributed by atoms with van der Waals surface area (Å²) in [6.07, 6.45) is 0. The first kappa shape index (κ1) is 14.9. The summed E-state index contributed by atoms with van der Waals surface area (Å²) >= 11 is 1.44. The zero-order valence-corrected chi connectivity index (χ0v) is 11.3. The Balaban J connectivity index is 2.15. The fourth-order valence-corrected chi connectivity index (χ4v) is 2.72. The standard InChI is InChI=1S/C14H13F3N2S/c15-11-7-6-10(13(16)14(11)17)12(19-18)8-20-9-4-2-1-3-5-9/h1-7,12,19H,8,18H2. The summed E-state index contributed by atoms with van der Waals surface area (Å²) in [5, 5.41) is 0. The van der Waals surface area contributed by atoms with Crippen molar-refractivity contribution in [3.05, 3.63) is 65.5 Å². The maximum absolute atomic E-state index is 13.7. The number of benzene rings is 2. The Hall–Kier alpha value is -1.50. The van der Waals surface area contributed by atoms with E-state index in [9.17, 15) is 13.2 Å². The second-order valence-electron chi connectivity index (χ2n) is 4.11. The minimum absolute atomic E-state index is 0.00910. The van der Waals surface area contributed by atoms with Gasteiger partial charge in [0, 0.05) is 16.2 Å². The quantitative estimate of drug-likeness (QED) is 0.384. The number of halogens is 3. The lowest BCUT2D eigenvalue weighted by Gasteiger charge is -2.17. The van der Waals surface area contributed by atoms with E-state index in [1.807, 2.05) is 30.3 Å². The fraction of sp³-hybridized carbons (Fsp3) is 0.143. The molecule has 3 N–H and O–H groups in total. The first-order chi connectivity index (χ1) is 9.63. The third-order valence-electron chi connectivity index (χ3n) is 2.80. The Morgan fingerprint density at radius 2 is 1.70 bits per heavy atom. The van der Waals surface area contributed by atoms with Crippen LogP contribution in [-0.4, -0.2) is 5.75 Å². The molecule has 0 aromatic heterocycles. The van der Waals surface area contributed by atoms with E-state index in [0.717, 1.165) is 11.0 Å². The molecule has 0 fully saturated rings. The lowest BCUT2D eigenvalue weighted by Crippen LogP contribution is -2.30. The van der Waals surface area contributed by atoms with E-state index in [-0.39, 0.29) is 5.56 Å². The molecular formula is C14H13F3N2S. The molecule has 2 aromatic carbocycles. The predicted molar refractivity (Wildman–Crippen MR) is 73.5 cm³/mol. The van der Waals surface area contributed by atoms with Crippen molar-refractivity contribution in [2.24, 2.45) is 5.84 Å². The molecule has 2 rings (SSSR count). The van der Waals surface area contributed by atoms with Crippen molar-refractivity contribution in [3.8, 4) is 0 Å². The number of hydrogen-bond acceptors (Lipinski definition) is 3. The Morgan fingerprint density at radius 3 is 2.35 bits per heavy atom. The van der Waals surface area contributed by atoms with Crippen molar-refractivity contribution >= 4 is 11.8 Å². The van der Waals surface area contributed by atoms with Gasteiger partial charge in [0.2, 0.25) is 0 Å². The van der Waals surface area contributed by atoms with Gasteiger partial charge in [-0.15, -0.1) is 11.8 Å². The lowest BCUT2D eigenvalue weighted by molar-refractivity contribution is 0.431. The van der Waals surface area contributed by atoms with E-state index in [2.05, 4.69) is 5.43 Å². The number of hydrogen-bond donors (Lipinski definition) is 2. The molecule has 0 aliphatic rings. The molecule has 0 heterocycles. The van der Waals surface area contributed by atoms with Crippen LogP contribution in [0.5, 0.6) is 0 Å². The molecule has 0 spiro atoms. The highest BCUT2D eigenvalue weighted by Gasteiger charge is 2.20. The van der Waals surface area contributed by atoms with E-state index in [0.29, 0.717) is 5.75 Å². The summed E-state index contributed by atoms with van der Waals surface area (Å²) in [6.45, 7) is 0. The van der Waals surface area contributed by atoms with Gasteiger partial charge in [-0.2, -0.15) is 0 Å². The van der Waals surface area contributed by atoms with Crippen molar-refractivity contribution in [3.63, 3.8) is 0 Å². The van der Waals surface area contributed by atoms with Crippen LogP contribution in [0.4, 0.5) is 13.2 Å². The molecule has 6 heteroatoms. The van der Waals surface area contributed by atoms with E-state index in [1.165, 1.54) is 17.8 Å². The maximum Gasteiger partial charge on any atom is 0.194 e. The molecule has 0 bridgehead atoms. The maximum atomic E-state index is 13.7. The molecule has 106 valence electrons. The Kier molecular flexibility index (Phi) is 5.05. The summed E-state index contributed by atoms with van der Waals surface area (Å²) in [7, 11) is 0. The van der Waals surface area contributed by atoms with Crippen LogP contribution >= 0.6 is 11.8 Å². The molecule has 0 amide bonds. The second kappa shape index (κ2) is 6.78. The number of hydrazine groups is 1. The van der Waals surface area contributed by atoms with Crippen molar-refractivity contribution < 1.29 is 13.2 Å². The molecule has 2 nitrogen and oxygen atoms in total. The van der Waals surface area contributed by atoms with Crippen LogP contribution in [0.3, 0.4) is 0 Å². The molecule has 0 aliphatic heterocycles. The Bertz CT molecular complexity index is 578. The zero-order chi connectivity index (χ0) is 14.5. The third-order valence-corrected chi connectivity index (χ3v) is 3.91. The number of nitrogens with one attached hydrogen (secondary N) is 1. The van der Waals surface area contributed by atoms with Crippen LogP contribution in [0.25, 0.3) is 0 Å². The highest BCUT2D eigenvalue weighted by Crippen LogP contribution is 2.27. The number of nitrogens with two attached hydrogens (primary N) is 1. The molecular weight excluding hydrogens is 285 g/mol. The van der Waals surface area contributed by atoms with Gasteiger partial charge in [-0.3, -0.25) is 11.3 Å². The van der Waals surface area contributed by atoms with Gasteiger partial charge in [-0.25, -0.2) is 13.2 Å². The Labute approximate surface area is 119 Å². The summed E-state index contributed by atoms with van der Waals surface area (Å²) < 4.78 is 39.8. The van der Waals surface area contributed by atoms with Crippen LogP contribution in [0.2, 0.25) is 0 Å². The first-order valence-electron chi connectivity index (χ1n) is 5.91. The van der Waals surface area contributed by atoms with Gasteiger partial charge in [0.25, 0.3) is 0 Å². The van der Waals surface area contributed by atoms with Crippen LogP contribution in [0, 0.1) is 17.5 Å². The van der Waals surface area contributed by atoms with Crippen molar-refractivity contribution in [1.82, 2.24) is 5.43 Å². The highest BCUT2D eigenvalue weighted by atomic mass is 32.2. The van der Waals surface area contributed by atoms with Gasteiger partial charge in [-0.1, -0.05) is 24.3 Å². The van der Waals surface area contributed by atoms with E-state index >= 15 is 0 Å². The van der Waals surface area contributed by atoms with E-state index < -0.39 is 23.5 Å². The molecule has 1 atom stereocenters. The van der Waals surface area contributed by atoms with Crippen molar-refractivity contribution in [2.75, 3.05) is 5.75 Å². The van der Waals surface area contributed by atoms with Gasteiger partial charge in [-0.05, 0) is 18.2 Å². The second-order valence-corrected chi connectivity index (χ2v) is 5.20. The van der Waals surface area contributed by atoms with Gasteiger partial charge in [0.05, 0.1) is 6.04 Å². The molecule has 1 unspecified atom stereocenters. The van der Waals surface area contributed by atoms with Gasteiger partial charge in [0.1, 0.15) is 0 Å². The van der Waals surface area contributed by atoms with Gasteiger partial charge >= 0.3 is 0 Å². The van der Waals surface area contributed by atoms with E-state index in [1.54, 1.807) is 0 Å². The monoisotopic (exact) mass is 298 g/mol. The van der Waals surface area contributed by atoms with Crippen LogP contribution < -0.4 is 11.3 Å². The zero-order valence-electron chi connectivity index (χ0n) is 10.4. The SMILES string of the molecule is NNC(CSc1ccccc1)c1ccc(F)c(F)c1F. The lowest BCUT2D eigenvalue weighted by atomic mass is 10.1. The molecule has 2 aromatic rings. The van der Waals surface area contributed by atoms with Crippen molar-refractivity contribution in [2.45, 2.75) is 10.9 Å². The molecule has 20 heavy (non-hydrogen) atoms. The largest absolute Gasteiger partial charge is 0.271 e. The number of thioether (sulfide) groups is 1. The van der Waals surface area contributed by atoms with Gasteiger partial charge in [0.15, 0.2) is 17.5 Å². The minimum atomic E-state index is -1.48. The summed E-state index contributed by atoms with van der Waals surface area (Å²) in [6, 6.07) is 10.9. The molecule has 0 aliphatic carbocycles. The van der Waals surface area contributed by atoms with Crippen LogP contribution in [-0.2, 0) is 0 Å². The molecule has 0 saturated heterocycles. The van der Waals surface area contributed by atoms with Crippen molar-refractivity contribution in [1.29, 1.82) is 0 Å². The topological polar surface area (TPSA) is 38.0 Å². The summed E-state index contributed by atoms with van der Waals surface area (Å²) in [4.78, 5) is 0.982. The Morgan fingerprint density at radius 1 is 1.00 bits per heavy atom. The summed E-state index contributed by atoms with van der Waals surface area (Å²) in [5.41, 5.74) is 2.44. The normalized spacial score (nSPS) is 12.4. The predicted octanol–water partition coefficient (Wildman–Crippen LogP) is 3.40. The molecule has 0 radical (unpaired) electrons. The van der Waals surface area contributed by atoms with Crippen LogP contribution in [0.15, 0.2) is 47.4 Å². The molecule has 0 saturated carbocycles. The first-order valence-corrected chi connectivity index (χ1v) is 6.89.